The van der Waals surface area contributed by atoms with Crippen molar-refractivity contribution in [3.05, 3.63) is 30.5 Å². The van der Waals surface area contributed by atoms with Crippen LogP contribution in [0.4, 0.5) is 0 Å². The van der Waals surface area contributed by atoms with Gasteiger partial charge in [0.15, 0.2) is 0 Å². The molecule has 17 heavy (non-hydrogen) atoms. The number of nitrogens with two attached hydrogens (primary N) is 1. The first-order valence-electron chi connectivity index (χ1n) is 5.91. The van der Waals surface area contributed by atoms with Crippen LogP contribution in [0.25, 0.3) is 10.9 Å². The van der Waals surface area contributed by atoms with Crippen LogP contribution in [0.3, 0.4) is 0 Å². The lowest BCUT2D eigenvalue weighted by molar-refractivity contribution is 0.441. The van der Waals surface area contributed by atoms with Gasteiger partial charge in [0.1, 0.15) is 0 Å². The third-order valence-electron chi connectivity index (χ3n) is 2.98. The van der Waals surface area contributed by atoms with Crippen molar-refractivity contribution in [3.63, 3.8) is 0 Å². The largest absolute Gasteiger partial charge is 0.347 e. The summed E-state index contributed by atoms with van der Waals surface area (Å²) in [4.78, 5) is 1.31. The first-order chi connectivity index (χ1) is 7.99. The van der Waals surface area contributed by atoms with E-state index in [9.17, 15) is 0 Å². The van der Waals surface area contributed by atoms with Crippen LogP contribution >= 0.6 is 11.8 Å². The molecule has 0 unspecified atom stereocenters. The maximum atomic E-state index is 6.03. The molecule has 2 rings (SSSR count). The van der Waals surface area contributed by atoms with Crippen LogP contribution in [0.15, 0.2) is 35.4 Å². The Morgan fingerprint density at radius 1 is 1.29 bits per heavy atom. The molecule has 0 atom stereocenters. The van der Waals surface area contributed by atoms with Gasteiger partial charge < -0.3 is 10.3 Å². The number of benzene rings is 1. The summed E-state index contributed by atoms with van der Waals surface area (Å²) in [7, 11) is 0. The summed E-state index contributed by atoms with van der Waals surface area (Å²) in [5.41, 5.74) is 7.22. The molecule has 0 aliphatic heterocycles. The Bertz CT molecular complexity index is 508. The molecule has 92 valence electrons. The van der Waals surface area contributed by atoms with Gasteiger partial charge in [0, 0.05) is 34.1 Å². The smallest absolute Gasteiger partial charge is 0.0481 e. The summed E-state index contributed by atoms with van der Waals surface area (Å²) in [5.74, 6) is 0. The molecule has 0 amide bonds. The molecule has 2 N–H and O–H groups in total. The second kappa shape index (κ2) is 4.75. The van der Waals surface area contributed by atoms with E-state index in [2.05, 4.69) is 55.1 Å². The van der Waals surface area contributed by atoms with E-state index < -0.39 is 0 Å². The number of fused-ring (bicyclic) bond motifs is 1. The number of aromatic nitrogens is 1. The van der Waals surface area contributed by atoms with E-state index in [0.717, 1.165) is 13.0 Å². The Morgan fingerprint density at radius 2 is 2.06 bits per heavy atom. The molecule has 0 aliphatic carbocycles. The van der Waals surface area contributed by atoms with E-state index in [1.54, 1.807) is 11.8 Å². The zero-order valence-electron chi connectivity index (χ0n) is 10.7. The third kappa shape index (κ3) is 3.05. The van der Waals surface area contributed by atoms with Crippen LogP contribution in [-0.4, -0.2) is 16.4 Å². The van der Waals surface area contributed by atoms with Gasteiger partial charge in [-0.2, -0.15) is 0 Å². The molecule has 0 radical (unpaired) electrons. The van der Waals surface area contributed by atoms with Crippen LogP contribution < -0.4 is 5.73 Å². The first kappa shape index (κ1) is 12.5. The minimum Gasteiger partial charge on any atom is -0.347 e. The molecule has 2 nitrogen and oxygen atoms in total. The standard InChI is InChI=1S/C14H20N2S/c1-14(2,15)7-9-16-8-6-11-10-12(17-3)4-5-13(11)16/h4-6,8,10H,7,9,15H2,1-3H3. The van der Waals surface area contributed by atoms with Gasteiger partial charge in [-0.25, -0.2) is 0 Å². The minimum atomic E-state index is -0.101. The van der Waals surface area contributed by atoms with Crippen molar-refractivity contribution < 1.29 is 0 Å². The number of hydrogen-bond donors (Lipinski definition) is 1. The maximum Gasteiger partial charge on any atom is 0.0481 e. The van der Waals surface area contributed by atoms with Gasteiger partial charge in [0.2, 0.25) is 0 Å². The fraction of sp³-hybridized carbons (Fsp3) is 0.429. The Kier molecular flexibility index (Phi) is 3.50. The van der Waals surface area contributed by atoms with E-state index >= 15 is 0 Å². The van der Waals surface area contributed by atoms with Crippen molar-refractivity contribution in [1.29, 1.82) is 0 Å². The van der Waals surface area contributed by atoms with Gasteiger partial charge in [-0.15, -0.1) is 11.8 Å². The van der Waals surface area contributed by atoms with Gasteiger partial charge in [-0.3, -0.25) is 0 Å². The van der Waals surface area contributed by atoms with Crippen LogP contribution in [0.5, 0.6) is 0 Å². The molecule has 2 aromatic rings. The van der Waals surface area contributed by atoms with E-state index in [4.69, 9.17) is 5.73 Å². The van der Waals surface area contributed by atoms with Crippen LogP contribution in [0.1, 0.15) is 20.3 Å². The van der Waals surface area contributed by atoms with Crippen molar-refractivity contribution in [2.75, 3.05) is 6.26 Å². The fourth-order valence-corrected chi connectivity index (χ4v) is 2.36. The molecule has 0 spiro atoms. The SMILES string of the molecule is CSc1ccc2c(ccn2CCC(C)(C)N)c1. The molecule has 1 aromatic carbocycles. The molecular formula is C14H20N2S. The third-order valence-corrected chi connectivity index (χ3v) is 3.70. The Labute approximate surface area is 107 Å². The number of thioether (sulfide) groups is 1. The number of hydrogen-bond acceptors (Lipinski definition) is 2. The summed E-state index contributed by atoms with van der Waals surface area (Å²) < 4.78 is 2.29. The van der Waals surface area contributed by atoms with Crippen molar-refractivity contribution >= 4 is 22.7 Å². The average molecular weight is 248 g/mol. The van der Waals surface area contributed by atoms with E-state index in [1.165, 1.54) is 15.8 Å². The zero-order chi connectivity index (χ0) is 12.5. The summed E-state index contributed by atoms with van der Waals surface area (Å²) in [6.07, 6.45) is 5.25. The fourth-order valence-electron chi connectivity index (χ4n) is 1.91. The molecule has 0 saturated heterocycles. The van der Waals surface area contributed by atoms with Crippen molar-refractivity contribution in [2.24, 2.45) is 5.73 Å². The van der Waals surface area contributed by atoms with E-state index in [0.29, 0.717) is 0 Å². The molecule has 0 bridgehead atoms. The number of rotatable bonds is 4. The van der Waals surface area contributed by atoms with Crippen LogP contribution in [0, 0.1) is 0 Å². The lowest BCUT2D eigenvalue weighted by Gasteiger charge is -2.18. The predicted octanol–water partition coefficient (Wildman–Crippen LogP) is 3.49. The summed E-state index contributed by atoms with van der Waals surface area (Å²) in [6.45, 7) is 5.13. The van der Waals surface area contributed by atoms with Gasteiger partial charge in [-0.05, 0) is 50.8 Å². The zero-order valence-corrected chi connectivity index (χ0v) is 11.6. The predicted molar refractivity (Wildman–Crippen MR) is 76.6 cm³/mol. The highest BCUT2D eigenvalue weighted by atomic mass is 32.2. The number of aryl methyl sites for hydroxylation is 1. The highest BCUT2D eigenvalue weighted by molar-refractivity contribution is 7.98. The number of nitrogens with zero attached hydrogens (tertiary/aromatic N) is 1. The normalized spacial score (nSPS) is 12.2. The monoisotopic (exact) mass is 248 g/mol. The topological polar surface area (TPSA) is 30.9 Å². The highest BCUT2D eigenvalue weighted by Crippen LogP contribution is 2.23. The second-order valence-corrected chi connectivity index (χ2v) is 6.05. The summed E-state index contributed by atoms with van der Waals surface area (Å²) in [6, 6.07) is 8.80. The molecule has 0 aliphatic rings. The molecule has 3 heteroatoms. The molecule has 1 heterocycles. The molecule has 1 aromatic heterocycles. The van der Waals surface area contributed by atoms with Gasteiger partial charge in [-0.1, -0.05) is 0 Å². The van der Waals surface area contributed by atoms with Crippen molar-refractivity contribution in [3.8, 4) is 0 Å². The molecule has 0 fully saturated rings. The first-order valence-corrected chi connectivity index (χ1v) is 7.14. The average Bonchev–Trinajstić information content (AvgIpc) is 2.67. The highest BCUT2D eigenvalue weighted by Gasteiger charge is 2.11. The Balaban J connectivity index is 2.24. The summed E-state index contributed by atoms with van der Waals surface area (Å²) >= 11 is 1.78. The van der Waals surface area contributed by atoms with Gasteiger partial charge in [0.25, 0.3) is 0 Å². The Hall–Kier alpha value is -0.930. The summed E-state index contributed by atoms with van der Waals surface area (Å²) in [5, 5.41) is 1.31. The van der Waals surface area contributed by atoms with Crippen molar-refractivity contribution in [2.45, 2.75) is 37.2 Å². The van der Waals surface area contributed by atoms with Crippen LogP contribution in [-0.2, 0) is 6.54 Å². The lowest BCUT2D eigenvalue weighted by Crippen LogP contribution is -2.33. The van der Waals surface area contributed by atoms with E-state index in [-0.39, 0.29) is 5.54 Å². The minimum absolute atomic E-state index is 0.101. The van der Waals surface area contributed by atoms with Gasteiger partial charge >= 0.3 is 0 Å². The second-order valence-electron chi connectivity index (χ2n) is 5.17. The molecular weight excluding hydrogens is 228 g/mol. The maximum absolute atomic E-state index is 6.03. The quantitative estimate of drug-likeness (QED) is 0.840. The van der Waals surface area contributed by atoms with Crippen molar-refractivity contribution in [1.82, 2.24) is 4.57 Å². The Morgan fingerprint density at radius 3 is 2.71 bits per heavy atom. The molecule has 0 saturated carbocycles. The van der Waals surface area contributed by atoms with Crippen LogP contribution in [0.2, 0.25) is 0 Å². The van der Waals surface area contributed by atoms with Gasteiger partial charge in [0.05, 0.1) is 0 Å². The lowest BCUT2D eigenvalue weighted by atomic mass is 10.0. The van der Waals surface area contributed by atoms with E-state index in [1.807, 2.05) is 0 Å².